The number of rotatable bonds is 8. The molecule has 0 radical (unpaired) electrons. The van der Waals surface area contributed by atoms with Gasteiger partial charge >= 0.3 is 11.9 Å². The van der Waals surface area contributed by atoms with E-state index in [2.05, 4.69) is 15.7 Å². The molecule has 0 atom stereocenters. The summed E-state index contributed by atoms with van der Waals surface area (Å²) < 4.78 is 15.0. The molecule has 28 heavy (non-hydrogen) atoms. The summed E-state index contributed by atoms with van der Waals surface area (Å²) in [7, 11) is 0. The van der Waals surface area contributed by atoms with Gasteiger partial charge in [0.1, 0.15) is 5.56 Å². The van der Waals surface area contributed by atoms with Gasteiger partial charge in [-0.15, -0.1) is 0 Å². The number of aryl methyl sites for hydroxylation is 1. The van der Waals surface area contributed by atoms with Gasteiger partial charge in [0.05, 0.1) is 29.5 Å². The number of nitro groups is 1. The zero-order valence-electron chi connectivity index (χ0n) is 15.4. The van der Waals surface area contributed by atoms with Crippen molar-refractivity contribution in [2.45, 2.75) is 20.8 Å². The highest BCUT2D eigenvalue weighted by molar-refractivity contribution is 6.43. The monoisotopic (exact) mass is 390 g/mol. The number of benzene rings is 1. The van der Waals surface area contributed by atoms with Crippen LogP contribution in [0.2, 0.25) is 0 Å². The molecule has 2 rings (SSSR count). The number of aromatic nitrogens is 1. The molecule has 0 unspecified atom stereocenters. The van der Waals surface area contributed by atoms with Gasteiger partial charge in [0.2, 0.25) is 11.5 Å². The van der Waals surface area contributed by atoms with Crippen molar-refractivity contribution < 1.29 is 28.5 Å². The third kappa shape index (κ3) is 4.69. The maximum atomic E-state index is 12.3. The molecule has 0 aliphatic carbocycles. The minimum atomic E-state index is -0.849. The first-order chi connectivity index (χ1) is 13.4. The van der Waals surface area contributed by atoms with E-state index >= 15 is 0 Å². The topological polar surface area (TPSA) is 146 Å². The van der Waals surface area contributed by atoms with Crippen molar-refractivity contribution in [2.75, 3.05) is 18.6 Å². The van der Waals surface area contributed by atoms with Crippen LogP contribution in [0.5, 0.6) is 0 Å². The number of hydrogen-bond acceptors (Lipinski definition) is 10. The van der Waals surface area contributed by atoms with E-state index in [-0.39, 0.29) is 41.6 Å². The number of hydrogen-bond donors (Lipinski definition) is 1. The fourth-order valence-electron chi connectivity index (χ4n) is 2.14. The molecule has 11 heteroatoms. The second-order valence-electron chi connectivity index (χ2n) is 5.29. The summed E-state index contributed by atoms with van der Waals surface area (Å²) in [5.41, 5.74) is 2.69. The Morgan fingerprint density at radius 3 is 2.43 bits per heavy atom. The van der Waals surface area contributed by atoms with Crippen molar-refractivity contribution in [2.24, 2.45) is 5.10 Å². The number of hydrazone groups is 1. The number of carbonyl (C=O) groups is 2. The highest BCUT2D eigenvalue weighted by Gasteiger charge is 2.30. The van der Waals surface area contributed by atoms with Gasteiger partial charge in [-0.3, -0.25) is 15.5 Å². The van der Waals surface area contributed by atoms with Crippen LogP contribution >= 0.6 is 0 Å². The molecular formula is C17H18N4O7. The fourth-order valence-corrected chi connectivity index (χ4v) is 2.14. The zero-order valence-corrected chi connectivity index (χ0v) is 15.4. The molecule has 1 aromatic heterocycles. The van der Waals surface area contributed by atoms with Gasteiger partial charge in [-0.2, -0.15) is 5.10 Å². The summed E-state index contributed by atoms with van der Waals surface area (Å²) in [6.07, 6.45) is 0. The van der Waals surface area contributed by atoms with E-state index in [1.807, 2.05) is 0 Å². The van der Waals surface area contributed by atoms with Crippen LogP contribution in [0.1, 0.15) is 35.7 Å². The standard InChI is InChI=1S/C17H18N4O7/c1-4-26-16(22)13-10(3)20-28-15(13)14(17(23)27-5-2)19-18-11-6-8-12(9-7-11)21(24)25/h6-9,18H,4-5H2,1-3H3/b19-14-. The Bertz CT molecular complexity index is 903. The maximum absolute atomic E-state index is 12.3. The Morgan fingerprint density at radius 2 is 1.86 bits per heavy atom. The van der Waals surface area contributed by atoms with Gasteiger partial charge in [0, 0.05) is 12.1 Å². The van der Waals surface area contributed by atoms with E-state index in [0.717, 1.165) is 0 Å². The summed E-state index contributed by atoms with van der Waals surface area (Å²) >= 11 is 0. The number of esters is 2. The normalized spacial score (nSPS) is 11.0. The summed E-state index contributed by atoms with van der Waals surface area (Å²) in [6.45, 7) is 4.95. The predicted octanol–water partition coefficient (Wildman–Crippen LogP) is 2.45. The second kappa shape index (κ2) is 9.26. The van der Waals surface area contributed by atoms with E-state index < -0.39 is 16.9 Å². The van der Waals surface area contributed by atoms with Crippen molar-refractivity contribution in [3.8, 4) is 0 Å². The van der Waals surface area contributed by atoms with Gasteiger partial charge in [-0.05, 0) is 32.9 Å². The molecule has 11 nitrogen and oxygen atoms in total. The Kier molecular flexibility index (Phi) is 6.79. The lowest BCUT2D eigenvalue weighted by Crippen LogP contribution is -2.22. The Balaban J connectivity index is 2.40. The number of nitrogens with one attached hydrogen (secondary N) is 1. The summed E-state index contributed by atoms with van der Waals surface area (Å²) in [5, 5.41) is 18.4. The van der Waals surface area contributed by atoms with Crippen LogP contribution in [0, 0.1) is 17.0 Å². The largest absolute Gasteiger partial charge is 0.462 e. The van der Waals surface area contributed by atoms with E-state index in [4.69, 9.17) is 14.0 Å². The molecule has 0 aliphatic heterocycles. The van der Waals surface area contributed by atoms with E-state index in [1.54, 1.807) is 13.8 Å². The summed E-state index contributed by atoms with van der Waals surface area (Å²) in [5.74, 6) is -1.77. The molecule has 2 aromatic rings. The molecule has 148 valence electrons. The Morgan fingerprint density at radius 1 is 1.21 bits per heavy atom. The third-order valence-electron chi connectivity index (χ3n) is 3.40. The first-order valence-electron chi connectivity index (χ1n) is 8.28. The van der Waals surface area contributed by atoms with Gasteiger partial charge in [0.15, 0.2) is 0 Å². The van der Waals surface area contributed by atoms with Gasteiger partial charge in [0.25, 0.3) is 5.69 Å². The number of nitrogens with zero attached hydrogens (tertiary/aromatic N) is 3. The maximum Gasteiger partial charge on any atom is 0.362 e. The molecule has 0 bridgehead atoms. The molecule has 1 N–H and O–H groups in total. The zero-order chi connectivity index (χ0) is 20.7. The highest BCUT2D eigenvalue weighted by Crippen LogP contribution is 2.19. The molecule has 1 aromatic carbocycles. The van der Waals surface area contributed by atoms with Crippen LogP contribution in [-0.4, -0.2) is 40.9 Å². The number of anilines is 1. The molecule has 0 spiro atoms. The minimum Gasteiger partial charge on any atom is -0.462 e. The second-order valence-corrected chi connectivity index (χ2v) is 5.29. The van der Waals surface area contributed by atoms with Crippen LogP contribution in [0.3, 0.4) is 0 Å². The van der Waals surface area contributed by atoms with Gasteiger partial charge in [-0.25, -0.2) is 9.59 Å². The third-order valence-corrected chi connectivity index (χ3v) is 3.40. The lowest BCUT2D eigenvalue weighted by atomic mass is 10.1. The SMILES string of the molecule is CCOC(=O)/C(=N\Nc1ccc([N+](=O)[O-])cc1)c1onc(C)c1C(=O)OCC. The van der Waals surface area contributed by atoms with Gasteiger partial charge in [-0.1, -0.05) is 5.16 Å². The van der Waals surface area contributed by atoms with E-state index in [9.17, 15) is 19.7 Å². The molecule has 0 amide bonds. The lowest BCUT2D eigenvalue weighted by Gasteiger charge is -2.07. The van der Waals surface area contributed by atoms with E-state index in [0.29, 0.717) is 5.69 Å². The van der Waals surface area contributed by atoms with Crippen molar-refractivity contribution in [3.05, 3.63) is 51.4 Å². The van der Waals surface area contributed by atoms with Crippen molar-refractivity contribution in [1.82, 2.24) is 5.16 Å². The van der Waals surface area contributed by atoms with Gasteiger partial charge < -0.3 is 14.0 Å². The van der Waals surface area contributed by atoms with Crippen LogP contribution in [0.25, 0.3) is 0 Å². The Labute approximate surface area is 159 Å². The van der Waals surface area contributed by atoms with Crippen molar-refractivity contribution in [3.63, 3.8) is 0 Å². The lowest BCUT2D eigenvalue weighted by molar-refractivity contribution is -0.384. The van der Waals surface area contributed by atoms with Crippen LogP contribution in [0.15, 0.2) is 33.9 Å². The van der Waals surface area contributed by atoms with Crippen LogP contribution in [0.4, 0.5) is 11.4 Å². The first-order valence-corrected chi connectivity index (χ1v) is 8.28. The summed E-state index contributed by atoms with van der Waals surface area (Å²) in [4.78, 5) is 34.7. The van der Waals surface area contributed by atoms with Crippen molar-refractivity contribution >= 4 is 29.0 Å². The van der Waals surface area contributed by atoms with Crippen molar-refractivity contribution in [1.29, 1.82) is 0 Å². The van der Waals surface area contributed by atoms with Crippen LogP contribution in [-0.2, 0) is 14.3 Å². The molecule has 0 aliphatic rings. The number of nitro benzene ring substituents is 1. The number of non-ortho nitro benzene ring substituents is 1. The average molecular weight is 390 g/mol. The smallest absolute Gasteiger partial charge is 0.362 e. The van der Waals surface area contributed by atoms with E-state index in [1.165, 1.54) is 31.2 Å². The number of carbonyl (C=O) groups excluding carboxylic acids is 2. The summed E-state index contributed by atoms with van der Waals surface area (Å²) in [6, 6.07) is 5.35. The highest BCUT2D eigenvalue weighted by atomic mass is 16.6. The average Bonchev–Trinajstić information content (AvgIpc) is 3.04. The molecule has 1 heterocycles. The minimum absolute atomic E-state index is 0.0425. The quantitative estimate of drug-likeness (QED) is 0.311. The predicted molar refractivity (Wildman–Crippen MR) is 97.1 cm³/mol. The van der Waals surface area contributed by atoms with Crippen LogP contribution < -0.4 is 5.43 Å². The first kappa shape index (κ1) is 20.6. The fraction of sp³-hybridized carbons (Fsp3) is 0.294. The molecular weight excluding hydrogens is 372 g/mol. The molecule has 0 fully saturated rings. The molecule has 0 saturated carbocycles. The Hall–Kier alpha value is -3.76. The number of ether oxygens (including phenoxy) is 2. The molecule has 0 saturated heterocycles.